The molecule has 2 heterocycles. The minimum atomic E-state index is -3.64. The normalized spacial score (nSPS) is 15.8. The Hall–Kier alpha value is -2.09. The SMILES string of the molecule is CC(C(=O)NCc1ccc(C(F)(F)CI)nc1N1CCCCCC1)c1ccc(NS(C)(=O)=O)c(F)c1. The molecule has 1 aromatic carbocycles. The second kappa shape index (κ2) is 12.0. The first-order chi connectivity index (χ1) is 16.9. The summed E-state index contributed by atoms with van der Waals surface area (Å²) in [5, 5.41) is 2.81. The molecule has 2 aromatic rings. The fourth-order valence-corrected chi connectivity index (χ4v) is 4.97. The molecule has 36 heavy (non-hydrogen) atoms. The van der Waals surface area contributed by atoms with Gasteiger partial charge >= 0.3 is 0 Å². The van der Waals surface area contributed by atoms with E-state index in [1.165, 1.54) is 18.2 Å². The minimum absolute atomic E-state index is 0.0777. The molecule has 3 rings (SSSR count). The van der Waals surface area contributed by atoms with Crippen LogP contribution in [0.2, 0.25) is 0 Å². The number of amides is 1. The Balaban J connectivity index is 1.78. The number of pyridine rings is 1. The average Bonchev–Trinajstić information content (AvgIpc) is 3.12. The molecule has 1 aliphatic heterocycles. The van der Waals surface area contributed by atoms with Crippen molar-refractivity contribution in [3.05, 3.63) is 53.0 Å². The standard InChI is InChI=1S/C24H30F3IN4O3S/c1-16(17-7-9-20(19(25)13-17)31-36(2,34)35)23(33)29-14-18-8-10-21(24(26,27)15-28)30-22(18)32-11-5-3-4-6-12-32/h7-10,13,16,31H,3-6,11-12,14-15H2,1-2H3,(H,29,33). The van der Waals surface area contributed by atoms with Gasteiger partial charge in [0.05, 0.1) is 22.3 Å². The molecule has 1 amide bonds. The molecular weight excluding hydrogens is 608 g/mol. The number of halogens is 4. The highest BCUT2D eigenvalue weighted by molar-refractivity contribution is 14.1. The van der Waals surface area contributed by atoms with Crippen molar-refractivity contribution in [1.29, 1.82) is 0 Å². The van der Waals surface area contributed by atoms with Gasteiger partial charge in [-0.1, -0.05) is 47.6 Å². The van der Waals surface area contributed by atoms with Crippen molar-refractivity contribution < 1.29 is 26.4 Å². The highest BCUT2D eigenvalue weighted by Crippen LogP contribution is 2.32. The average molecular weight is 638 g/mol. The van der Waals surface area contributed by atoms with Crippen LogP contribution in [-0.4, -0.2) is 43.1 Å². The van der Waals surface area contributed by atoms with E-state index in [4.69, 9.17) is 0 Å². The number of nitrogens with zero attached hydrogens (tertiary/aromatic N) is 2. The van der Waals surface area contributed by atoms with Crippen LogP contribution < -0.4 is 14.9 Å². The summed E-state index contributed by atoms with van der Waals surface area (Å²) in [6.07, 6.45) is 4.93. The molecular formula is C24H30F3IN4O3S. The van der Waals surface area contributed by atoms with Crippen LogP contribution >= 0.6 is 22.6 Å². The lowest BCUT2D eigenvalue weighted by Crippen LogP contribution is -2.31. The third-order valence-corrected chi connectivity index (χ3v) is 7.59. The van der Waals surface area contributed by atoms with E-state index in [2.05, 4.69) is 15.0 Å². The molecule has 1 saturated heterocycles. The summed E-state index contributed by atoms with van der Waals surface area (Å²) in [5.74, 6) is -4.52. The fraction of sp³-hybridized carbons (Fsp3) is 0.500. The van der Waals surface area contributed by atoms with Gasteiger partial charge in [0.1, 0.15) is 17.3 Å². The number of nitrogens with one attached hydrogen (secondary N) is 2. The number of rotatable bonds is 9. The summed E-state index contributed by atoms with van der Waals surface area (Å²) in [5.41, 5.74) is 0.500. The van der Waals surface area contributed by atoms with Gasteiger partial charge in [-0.25, -0.2) is 17.8 Å². The smallest absolute Gasteiger partial charge is 0.298 e. The van der Waals surface area contributed by atoms with Gasteiger partial charge in [0.25, 0.3) is 5.92 Å². The van der Waals surface area contributed by atoms with Crippen LogP contribution in [0.4, 0.5) is 24.7 Å². The Bertz CT molecular complexity index is 1190. The van der Waals surface area contributed by atoms with E-state index < -0.39 is 27.7 Å². The number of carbonyl (C=O) groups is 1. The first kappa shape index (κ1) is 28.5. The molecule has 1 fully saturated rings. The summed E-state index contributed by atoms with van der Waals surface area (Å²) in [7, 11) is -3.64. The predicted molar refractivity (Wildman–Crippen MR) is 143 cm³/mol. The van der Waals surface area contributed by atoms with Gasteiger partial charge in [0.2, 0.25) is 15.9 Å². The summed E-state index contributed by atoms with van der Waals surface area (Å²) in [4.78, 5) is 19.2. The Kier molecular flexibility index (Phi) is 9.47. The van der Waals surface area contributed by atoms with E-state index in [1.807, 2.05) is 4.90 Å². The van der Waals surface area contributed by atoms with Crippen molar-refractivity contribution >= 4 is 50.0 Å². The Morgan fingerprint density at radius 3 is 2.42 bits per heavy atom. The lowest BCUT2D eigenvalue weighted by atomic mass is 9.99. The van der Waals surface area contributed by atoms with Crippen LogP contribution in [0.1, 0.15) is 55.3 Å². The molecule has 1 atom stereocenters. The molecule has 7 nitrogen and oxygen atoms in total. The highest BCUT2D eigenvalue weighted by atomic mass is 127. The van der Waals surface area contributed by atoms with Crippen LogP contribution in [0.15, 0.2) is 30.3 Å². The highest BCUT2D eigenvalue weighted by Gasteiger charge is 2.33. The Morgan fingerprint density at radius 2 is 1.83 bits per heavy atom. The maximum absolute atomic E-state index is 14.4. The van der Waals surface area contributed by atoms with Crippen molar-refractivity contribution in [1.82, 2.24) is 10.3 Å². The molecule has 0 saturated carbocycles. The monoisotopic (exact) mass is 638 g/mol. The summed E-state index contributed by atoms with van der Waals surface area (Å²) >= 11 is 1.64. The molecule has 0 spiro atoms. The number of hydrogen-bond donors (Lipinski definition) is 2. The maximum Gasteiger partial charge on any atom is 0.298 e. The Morgan fingerprint density at radius 1 is 1.17 bits per heavy atom. The number of anilines is 2. The van der Waals surface area contributed by atoms with E-state index in [9.17, 15) is 26.4 Å². The third-order valence-electron chi connectivity index (χ3n) is 6.04. The molecule has 12 heteroatoms. The first-order valence-corrected chi connectivity index (χ1v) is 15.1. The van der Waals surface area contributed by atoms with Gasteiger partial charge < -0.3 is 10.2 Å². The van der Waals surface area contributed by atoms with Crippen molar-refractivity contribution in [2.75, 3.05) is 33.4 Å². The summed E-state index contributed by atoms with van der Waals surface area (Å²) < 4.78 is 67.5. The van der Waals surface area contributed by atoms with E-state index >= 15 is 0 Å². The van der Waals surface area contributed by atoms with Gasteiger partial charge in [-0.15, -0.1) is 0 Å². The van der Waals surface area contributed by atoms with Gasteiger partial charge in [-0.2, -0.15) is 8.78 Å². The predicted octanol–water partition coefficient (Wildman–Crippen LogP) is 4.92. The van der Waals surface area contributed by atoms with Crippen LogP contribution in [0.5, 0.6) is 0 Å². The number of hydrogen-bond acceptors (Lipinski definition) is 5. The minimum Gasteiger partial charge on any atom is -0.356 e. The molecule has 2 N–H and O–H groups in total. The van der Waals surface area contributed by atoms with Crippen molar-refractivity contribution in [3.63, 3.8) is 0 Å². The Labute approximate surface area is 223 Å². The van der Waals surface area contributed by atoms with E-state index in [1.54, 1.807) is 35.6 Å². The van der Waals surface area contributed by atoms with Crippen molar-refractivity contribution in [2.24, 2.45) is 0 Å². The van der Waals surface area contributed by atoms with Crippen LogP contribution in [0, 0.1) is 5.82 Å². The number of alkyl halides is 3. The summed E-state index contributed by atoms with van der Waals surface area (Å²) in [6.45, 7) is 3.09. The topological polar surface area (TPSA) is 91.4 Å². The quantitative estimate of drug-likeness (QED) is 0.301. The maximum atomic E-state index is 14.4. The van der Waals surface area contributed by atoms with Gasteiger partial charge in [-0.05, 0) is 43.5 Å². The number of sulfonamides is 1. The second-order valence-corrected chi connectivity index (χ2v) is 11.5. The fourth-order valence-electron chi connectivity index (χ4n) is 4.01. The first-order valence-electron chi connectivity index (χ1n) is 11.7. The summed E-state index contributed by atoms with van der Waals surface area (Å²) in [6, 6.07) is 6.74. The molecule has 0 bridgehead atoms. The molecule has 198 valence electrons. The largest absolute Gasteiger partial charge is 0.356 e. The van der Waals surface area contributed by atoms with Crippen LogP contribution in [0.25, 0.3) is 0 Å². The molecule has 1 aromatic heterocycles. The second-order valence-electron chi connectivity index (χ2n) is 8.97. The van der Waals surface area contributed by atoms with Crippen LogP contribution in [0.3, 0.4) is 0 Å². The number of benzene rings is 1. The zero-order valence-electron chi connectivity index (χ0n) is 20.2. The number of aromatic nitrogens is 1. The van der Waals surface area contributed by atoms with Crippen LogP contribution in [-0.2, 0) is 27.3 Å². The van der Waals surface area contributed by atoms with E-state index in [0.717, 1.165) is 38.0 Å². The van der Waals surface area contributed by atoms with E-state index in [-0.39, 0.29) is 28.3 Å². The zero-order chi connectivity index (χ0) is 26.5. The molecule has 1 unspecified atom stereocenters. The van der Waals surface area contributed by atoms with Gasteiger partial charge in [0.15, 0.2) is 0 Å². The third kappa shape index (κ3) is 7.46. The van der Waals surface area contributed by atoms with Gasteiger partial charge in [0, 0.05) is 25.2 Å². The zero-order valence-corrected chi connectivity index (χ0v) is 23.1. The lowest BCUT2D eigenvalue weighted by molar-refractivity contribution is -0.122. The molecule has 0 radical (unpaired) electrons. The molecule has 0 aliphatic carbocycles. The van der Waals surface area contributed by atoms with Gasteiger partial charge in [-0.3, -0.25) is 9.52 Å². The van der Waals surface area contributed by atoms with Crippen molar-refractivity contribution in [2.45, 2.75) is 51.0 Å². The lowest BCUT2D eigenvalue weighted by Gasteiger charge is -2.26. The van der Waals surface area contributed by atoms with Crippen molar-refractivity contribution in [3.8, 4) is 0 Å². The van der Waals surface area contributed by atoms with E-state index in [0.29, 0.717) is 30.0 Å². The number of carbonyl (C=O) groups excluding carboxylic acids is 1. The molecule has 1 aliphatic rings.